The highest BCUT2D eigenvalue weighted by molar-refractivity contribution is 7.89. The maximum atomic E-state index is 12.4. The summed E-state index contributed by atoms with van der Waals surface area (Å²) in [7, 11) is -3.47. The average Bonchev–Trinajstić information content (AvgIpc) is 2.43. The van der Waals surface area contributed by atoms with E-state index in [0.29, 0.717) is 22.0 Å². The summed E-state index contributed by atoms with van der Waals surface area (Å²) in [6.07, 6.45) is 7.73. The number of aryl methyl sites for hydroxylation is 2. The summed E-state index contributed by atoms with van der Waals surface area (Å²) >= 11 is 6.02. The second kappa shape index (κ2) is 6.95. The third-order valence-corrected chi connectivity index (χ3v) is 5.88. The van der Waals surface area contributed by atoms with Crippen LogP contribution in [0.3, 0.4) is 0 Å². The van der Waals surface area contributed by atoms with Crippen molar-refractivity contribution in [3.05, 3.63) is 39.9 Å². The SMILES string of the molecule is Cc1cc(S(=O)(=O)NCCC2=CCCCC2)c(C)cc1Cl. The van der Waals surface area contributed by atoms with Crippen molar-refractivity contribution in [3.8, 4) is 0 Å². The number of nitrogens with one attached hydrogen (secondary N) is 1. The van der Waals surface area contributed by atoms with Gasteiger partial charge in [0.15, 0.2) is 0 Å². The van der Waals surface area contributed by atoms with Gasteiger partial charge in [-0.1, -0.05) is 23.3 Å². The van der Waals surface area contributed by atoms with E-state index in [-0.39, 0.29) is 0 Å². The molecule has 21 heavy (non-hydrogen) atoms. The molecule has 0 aliphatic heterocycles. The quantitative estimate of drug-likeness (QED) is 0.827. The Hall–Kier alpha value is -0.840. The van der Waals surface area contributed by atoms with E-state index in [2.05, 4.69) is 10.8 Å². The van der Waals surface area contributed by atoms with Crippen LogP contribution in [0, 0.1) is 13.8 Å². The van der Waals surface area contributed by atoms with Gasteiger partial charge in [-0.05, 0) is 69.2 Å². The number of rotatable bonds is 5. The zero-order valence-corrected chi connectivity index (χ0v) is 14.1. The summed E-state index contributed by atoms with van der Waals surface area (Å²) in [6, 6.07) is 3.34. The summed E-state index contributed by atoms with van der Waals surface area (Å²) in [6.45, 7) is 4.03. The Bertz CT molecular complexity index is 650. The molecule has 0 unspecified atom stereocenters. The smallest absolute Gasteiger partial charge is 0.211 e. The van der Waals surface area contributed by atoms with Gasteiger partial charge in [0.1, 0.15) is 0 Å². The lowest BCUT2D eigenvalue weighted by molar-refractivity contribution is 0.578. The maximum Gasteiger partial charge on any atom is 0.240 e. The molecule has 0 atom stereocenters. The molecule has 0 fully saturated rings. The van der Waals surface area contributed by atoms with Crippen molar-refractivity contribution < 1.29 is 8.42 Å². The first-order chi connectivity index (χ1) is 9.90. The number of halogens is 1. The zero-order chi connectivity index (χ0) is 15.5. The maximum absolute atomic E-state index is 12.4. The van der Waals surface area contributed by atoms with E-state index >= 15 is 0 Å². The minimum absolute atomic E-state index is 0.321. The van der Waals surface area contributed by atoms with Crippen LogP contribution >= 0.6 is 11.6 Å². The predicted octanol–water partition coefficient (Wildman–Crippen LogP) is 4.13. The van der Waals surface area contributed by atoms with Gasteiger partial charge in [0.2, 0.25) is 10.0 Å². The number of sulfonamides is 1. The molecule has 116 valence electrons. The predicted molar refractivity (Wildman–Crippen MR) is 87.3 cm³/mol. The minimum atomic E-state index is -3.47. The Morgan fingerprint density at radius 3 is 2.62 bits per heavy atom. The summed E-state index contributed by atoms with van der Waals surface area (Å²) in [5.41, 5.74) is 2.82. The Kier molecular flexibility index (Phi) is 5.47. The molecule has 0 saturated heterocycles. The van der Waals surface area contributed by atoms with Crippen molar-refractivity contribution in [2.75, 3.05) is 6.54 Å². The van der Waals surface area contributed by atoms with Gasteiger partial charge in [-0.3, -0.25) is 0 Å². The van der Waals surface area contributed by atoms with E-state index < -0.39 is 10.0 Å². The van der Waals surface area contributed by atoms with Crippen LogP contribution in [0.15, 0.2) is 28.7 Å². The van der Waals surface area contributed by atoms with E-state index in [1.54, 1.807) is 19.1 Å². The summed E-state index contributed by atoms with van der Waals surface area (Å²) < 4.78 is 27.5. The molecule has 1 aromatic carbocycles. The highest BCUT2D eigenvalue weighted by Gasteiger charge is 2.18. The van der Waals surface area contributed by atoms with Gasteiger partial charge in [0.25, 0.3) is 0 Å². The van der Waals surface area contributed by atoms with Gasteiger partial charge in [-0.2, -0.15) is 0 Å². The molecule has 1 aliphatic carbocycles. The second-order valence-electron chi connectivity index (χ2n) is 5.62. The van der Waals surface area contributed by atoms with Gasteiger partial charge in [0, 0.05) is 11.6 Å². The lowest BCUT2D eigenvalue weighted by Gasteiger charge is -2.14. The fraction of sp³-hybridized carbons (Fsp3) is 0.500. The van der Waals surface area contributed by atoms with Crippen LogP contribution in [-0.2, 0) is 10.0 Å². The Morgan fingerprint density at radius 2 is 1.95 bits per heavy atom. The molecule has 0 radical (unpaired) electrons. The van der Waals surface area contributed by atoms with Crippen molar-refractivity contribution in [3.63, 3.8) is 0 Å². The molecule has 0 saturated carbocycles. The molecule has 0 heterocycles. The normalized spacial score (nSPS) is 15.9. The first-order valence-electron chi connectivity index (χ1n) is 7.34. The van der Waals surface area contributed by atoms with Gasteiger partial charge >= 0.3 is 0 Å². The standard InChI is InChI=1S/C16H22ClNO2S/c1-12-11-16(13(2)10-15(12)17)21(19,20)18-9-8-14-6-4-3-5-7-14/h6,10-11,18H,3-5,7-9H2,1-2H3. The summed E-state index contributed by atoms with van der Waals surface area (Å²) in [5.74, 6) is 0. The number of allylic oxidation sites excluding steroid dienone is 1. The van der Waals surface area contributed by atoms with E-state index in [1.807, 2.05) is 6.92 Å². The lowest BCUT2D eigenvalue weighted by atomic mass is 9.97. The van der Waals surface area contributed by atoms with Crippen molar-refractivity contribution in [2.45, 2.75) is 50.8 Å². The average molecular weight is 328 g/mol. The molecule has 1 aliphatic rings. The van der Waals surface area contributed by atoms with Crippen molar-refractivity contribution >= 4 is 21.6 Å². The Balaban J connectivity index is 2.05. The first-order valence-corrected chi connectivity index (χ1v) is 9.20. The van der Waals surface area contributed by atoms with Crippen LogP contribution in [0.2, 0.25) is 5.02 Å². The number of hydrogen-bond acceptors (Lipinski definition) is 2. The summed E-state index contributed by atoms with van der Waals surface area (Å²) in [5, 5.41) is 0.596. The highest BCUT2D eigenvalue weighted by atomic mass is 35.5. The van der Waals surface area contributed by atoms with E-state index in [4.69, 9.17) is 11.6 Å². The molecular formula is C16H22ClNO2S. The van der Waals surface area contributed by atoms with E-state index in [1.165, 1.54) is 18.4 Å². The zero-order valence-electron chi connectivity index (χ0n) is 12.6. The Labute approximate surface area is 132 Å². The van der Waals surface area contributed by atoms with Crippen molar-refractivity contribution in [1.29, 1.82) is 0 Å². The van der Waals surface area contributed by atoms with Crippen LogP contribution in [-0.4, -0.2) is 15.0 Å². The second-order valence-corrected chi connectivity index (χ2v) is 7.77. The number of hydrogen-bond donors (Lipinski definition) is 1. The Morgan fingerprint density at radius 1 is 1.19 bits per heavy atom. The van der Waals surface area contributed by atoms with E-state index in [9.17, 15) is 8.42 Å². The topological polar surface area (TPSA) is 46.2 Å². The van der Waals surface area contributed by atoms with Crippen molar-refractivity contribution in [2.24, 2.45) is 0 Å². The van der Waals surface area contributed by atoms with Crippen LogP contribution in [0.25, 0.3) is 0 Å². The lowest BCUT2D eigenvalue weighted by Crippen LogP contribution is -2.26. The molecule has 3 nitrogen and oxygen atoms in total. The summed E-state index contributed by atoms with van der Waals surface area (Å²) in [4.78, 5) is 0.321. The molecule has 1 aromatic rings. The van der Waals surface area contributed by atoms with Crippen LogP contribution in [0.1, 0.15) is 43.2 Å². The highest BCUT2D eigenvalue weighted by Crippen LogP contribution is 2.24. The third kappa shape index (κ3) is 4.31. The van der Waals surface area contributed by atoms with Gasteiger partial charge in [-0.15, -0.1) is 0 Å². The van der Waals surface area contributed by atoms with Gasteiger partial charge < -0.3 is 0 Å². The first kappa shape index (κ1) is 16.5. The fourth-order valence-corrected chi connectivity index (χ4v) is 4.16. The van der Waals surface area contributed by atoms with Gasteiger partial charge in [-0.25, -0.2) is 13.1 Å². The van der Waals surface area contributed by atoms with Crippen molar-refractivity contribution in [1.82, 2.24) is 4.72 Å². The van der Waals surface area contributed by atoms with E-state index in [0.717, 1.165) is 24.8 Å². The van der Waals surface area contributed by atoms with Crippen LogP contribution < -0.4 is 4.72 Å². The molecule has 2 rings (SSSR count). The van der Waals surface area contributed by atoms with Crippen LogP contribution in [0.4, 0.5) is 0 Å². The monoisotopic (exact) mass is 327 g/mol. The minimum Gasteiger partial charge on any atom is -0.211 e. The molecule has 0 spiro atoms. The molecule has 0 amide bonds. The largest absolute Gasteiger partial charge is 0.240 e. The molecule has 5 heteroatoms. The molecule has 1 N–H and O–H groups in total. The molecule has 0 aromatic heterocycles. The fourth-order valence-electron chi connectivity index (χ4n) is 2.60. The third-order valence-electron chi connectivity index (χ3n) is 3.87. The molecule has 0 bridgehead atoms. The van der Waals surface area contributed by atoms with Crippen LogP contribution in [0.5, 0.6) is 0 Å². The van der Waals surface area contributed by atoms with Gasteiger partial charge in [0.05, 0.1) is 4.90 Å². The molecular weight excluding hydrogens is 306 g/mol. The number of benzene rings is 1.